The number of aromatic nitrogens is 4. The van der Waals surface area contributed by atoms with E-state index in [0.717, 1.165) is 41.9 Å². The molecule has 1 aliphatic rings. The quantitative estimate of drug-likeness (QED) is 0.633. The van der Waals surface area contributed by atoms with Gasteiger partial charge >= 0.3 is 0 Å². The van der Waals surface area contributed by atoms with E-state index in [9.17, 15) is 0 Å². The number of benzene rings is 1. The molecule has 2 aromatic heterocycles. The summed E-state index contributed by atoms with van der Waals surface area (Å²) in [5.74, 6) is 0.572. The van der Waals surface area contributed by atoms with Crippen LogP contribution in [0.2, 0.25) is 0 Å². The number of nitrogens with one attached hydrogen (secondary N) is 2. The van der Waals surface area contributed by atoms with Crippen LogP contribution in [-0.2, 0) is 6.42 Å². The highest BCUT2D eigenvalue weighted by atomic mass is 15.3. The highest BCUT2D eigenvalue weighted by Gasteiger charge is 2.19. The number of hydrogen-bond acceptors (Lipinski definition) is 6. The molecule has 3 aromatic rings. The molecule has 4 rings (SSSR count). The van der Waals surface area contributed by atoms with E-state index in [0.29, 0.717) is 18.4 Å². The predicted molar refractivity (Wildman–Crippen MR) is 117 cm³/mol. The van der Waals surface area contributed by atoms with Crippen LogP contribution in [0.4, 0.5) is 11.6 Å². The Kier molecular flexibility index (Phi) is 5.77. The lowest BCUT2D eigenvalue weighted by Crippen LogP contribution is -2.29. The van der Waals surface area contributed by atoms with Gasteiger partial charge in [0, 0.05) is 42.1 Å². The maximum Gasteiger partial charge on any atom is 0.227 e. The summed E-state index contributed by atoms with van der Waals surface area (Å²) in [6.45, 7) is 7.15. The van der Waals surface area contributed by atoms with Crippen molar-refractivity contribution >= 4 is 11.6 Å². The van der Waals surface area contributed by atoms with Crippen LogP contribution in [0.1, 0.15) is 55.5 Å². The third-order valence-electron chi connectivity index (χ3n) is 5.48. The first-order valence-corrected chi connectivity index (χ1v) is 10.4. The second kappa shape index (κ2) is 8.64. The summed E-state index contributed by atoms with van der Waals surface area (Å²) in [7, 11) is 0. The van der Waals surface area contributed by atoms with E-state index in [4.69, 9.17) is 10.2 Å². The van der Waals surface area contributed by atoms with E-state index in [1.54, 1.807) is 0 Å². The molecular weight excluding hydrogens is 374 g/mol. The van der Waals surface area contributed by atoms with E-state index < -0.39 is 0 Å². The second-order valence-corrected chi connectivity index (χ2v) is 8.02. The molecule has 0 aliphatic carbocycles. The Morgan fingerprint density at radius 2 is 2.20 bits per heavy atom. The Balaban J connectivity index is 1.57. The molecule has 0 amide bonds. The second-order valence-electron chi connectivity index (χ2n) is 8.02. The molecule has 0 saturated carbocycles. The van der Waals surface area contributed by atoms with Gasteiger partial charge in [-0.15, -0.1) is 0 Å². The number of anilines is 2. The first kappa shape index (κ1) is 20.0. The fraction of sp³-hybridized carbons (Fsp3) is 0.391. The van der Waals surface area contributed by atoms with E-state index in [1.165, 1.54) is 11.1 Å². The molecule has 1 atom stereocenters. The third kappa shape index (κ3) is 4.19. The van der Waals surface area contributed by atoms with E-state index in [2.05, 4.69) is 58.8 Å². The average molecular weight is 402 g/mol. The predicted octanol–water partition coefficient (Wildman–Crippen LogP) is 4.46. The SMILES string of the molecule is Cc1cnc(Nc2ccc3c(c2)CCNC3CCC#N)nc1-c1cnn(C(C)C)c1. The summed E-state index contributed by atoms with van der Waals surface area (Å²) in [6.07, 6.45) is 8.10. The monoisotopic (exact) mass is 401 g/mol. The molecule has 0 saturated heterocycles. The van der Waals surface area contributed by atoms with Gasteiger partial charge in [0.2, 0.25) is 5.95 Å². The molecule has 7 nitrogen and oxygen atoms in total. The number of rotatable bonds is 6. The molecular formula is C23H27N7. The lowest BCUT2D eigenvalue weighted by atomic mass is 9.91. The molecule has 2 N–H and O–H groups in total. The molecule has 0 fully saturated rings. The van der Waals surface area contributed by atoms with Crippen LogP contribution in [0.3, 0.4) is 0 Å². The summed E-state index contributed by atoms with van der Waals surface area (Å²) in [5, 5.41) is 20.2. The minimum Gasteiger partial charge on any atom is -0.324 e. The Morgan fingerprint density at radius 3 is 2.97 bits per heavy atom. The summed E-state index contributed by atoms with van der Waals surface area (Å²) in [6, 6.07) is 9.19. The van der Waals surface area contributed by atoms with Crippen molar-refractivity contribution in [2.45, 2.75) is 52.1 Å². The summed E-state index contributed by atoms with van der Waals surface area (Å²) in [5.41, 5.74) is 6.46. The fourth-order valence-corrected chi connectivity index (χ4v) is 3.86. The fourth-order valence-electron chi connectivity index (χ4n) is 3.86. The Hall–Kier alpha value is -3.24. The number of aryl methyl sites for hydroxylation is 1. The summed E-state index contributed by atoms with van der Waals surface area (Å²) in [4.78, 5) is 9.23. The Morgan fingerprint density at radius 1 is 1.33 bits per heavy atom. The first-order chi connectivity index (χ1) is 14.5. The van der Waals surface area contributed by atoms with Crippen LogP contribution in [0, 0.1) is 18.3 Å². The minimum atomic E-state index is 0.252. The topological polar surface area (TPSA) is 91.4 Å². The maximum atomic E-state index is 8.90. The number of nitriles is 1. The average Bonchev–Trinajstić information content (AvgIpc) is 3.24. The van der Waals surface area contributed by atoms with Crippen molar-refractivity contribution in [2.75, 3.05) is 11.9 Å². The molecule has 30 heavy (non-hydrogen) atoms. The van der Waals surface area contributed by atoms with Crippen molar-refractivity contribution in [1.82, 2.24) is 25.1 Å². The maximum absolute atomic E-state index is 8.90. The first-order valence-electron chi connectivity index (χ1n) is 10.4. The lowest BCUT2D eigenvalue weighted by Gasteiger charge is -2.27. The smallest absolute Gasteiger partial charge is 0.227 e. The molecule has 0 spiro atoms. The van der Waals surface area contributed by atoms with E-state index in [-0.39, 0.29) is 6.04 Å². The molecule has 0 bridgehead atoms. The van der Waals surface area contributed by atoms with E-state index in [1.807, 2.05) is 30.2 Å². The van der Waals surface area contributed by atoms with Gasteiger partial charge in [-0.2, -0.15) is 10.4 Å². The van der Waals surface area contributed by atoms with Gasteiger partial charge in [-0.1, -0.05) is 6.07 Å². The van der Waals surface area contributed by atoms with Crippen molar-refractivity contribution in [3.63, 3.8) is 0 Å². The van der Waals surface area contributed by atoms with Gasteiger partial charge in [0.15, 0.2) is 0 Å². The molecule has 3 heterocycles. The molecule has 1 aromatic carbocycles. The normalized spacial score (nSPS) is 15.6. The van der Waals surface area contributed by atoms with Crippen LogP contribution >= 0.6 is 0 Å². The number of fused-ring (bicyclic) bond motifs is 1. The van der Waals surface area contributed by atoms with Crippen molar-refractivity contribution < 1.29 is 0 Å². The largest absolute Gasteiger partial charge is 0.324 e. The highest BCUT2D eigenvalue weighted by Crippen LogP contribution is 2.30. The van der Waals surface area contributed by atoms with Crippen LogP contribution in [-0.4, -0.2) is 26.3 Å². The van der Waals surface area contributed by atoms with Gasteiger partial charge in [-0.3, -0.25) is 4.68 Å². The van der Waals surface area contributed by atoms with Gasteiger partial charge in [-0.05, 0) is 69.0 Å². The molecule has 1 unspecified atom stereocenters. The van der Waals surface area contributed by atoms with Crippen LogP contribution in [0.25, 0.3) is 11.3 Å². The lowest BCUT2D eigenvalue weighted by molar-refractivity contribution is 0.480. The molecule has 0 radical (unpaired) electrons. The Labute approximate surface area is 177 Å². The van der Waals surface area contributed by atoms with E-state index >= 15 is 0 Å². The number of hydrogen-bond donors (Lipinski definition) is 2. The van der Waals surface area contributed by atoms with Crippen LogP contribution in [0.5, 0.6) is 0 Å². The van der Waals surface area contributed by atoms with Crippen LogP contribution < -0.4 is 10.6 Å². The Bertz CT molecular complexity index is 1080. The summed E-state index contributed by atoms with van der Waals surface area (Å²) < 4.78 is 1.93. The van der Waals surface area contributed by atoms with Crippen molar-refractivity contribution in [1.29, 1.82) is 5.26 Å². The zero-order chi connectivity index (χ0) is 21.1. The zero-order valence-electron chi connectivity index (χ0n) is 17.7. The molecule has 1 aliphatic heterocycles. The zero-order valence-corrected chi connectivity index (χ0v) is 17.7. The highest BCUT2D eigenvalue weighted by molar-refractivity contribution is 5.64. The summed E-state index contributed by atoms with van der Waals surface area (Å²) >= 11 is 0. The van der Waals surface area contributed by atoms with Gasteiger partial charge in [0.1, 0.15) is 0 Å². The van der Waals surface area contributed by atoms with Crippen LogP contribution in [0.15, 0.2) is 36.8 Å². The van der Waals surface area contributed by atoms with Gasteiger partial charge in [0.05, 0.1) is 18.0 Å². The third-order valence-corrected chi connectivity index (χ3v) is 5.48. The van der Waals surface area contributed by atoms with Gasteiger partial charge in [-0.25, -0.2) is 9.97 Å². The van der Waals surface area contributed by atoms with Gasteiger partial charge in [0.25, 0.3) is 0 Å². The van der Waals surface area contributed by atoms with Crippen molar-refractivity contribution in [2.24, 2.45) is 0 Å². The van der Waals surface area contributed by atoms with Gasteiger partial charge < -0.3 is 10.6 Å². The standard InChI is InChI=1S/C23H27N7/c1-15(2)30-14-18(13-27-30)22-16(3)12-26-23(29-22)28-19-6-7-20-17(11-19)8-10-25-21(20)5-4-9-24/h6-7,11-15,21,25H,4-5,8,10H2,1-3H3,(H,26,28,29). The number of nitrogens with zero attached hydrogens (tertiary/aromatic N) is 5. The van der Waals surface area contributed by atoms with Crippen molar-refractivity contribution in [3.8, 4) is 17.3 Å². The van der Waals surface area contributed by atoms with Crippen molar-refractivity contribution in [3.05, 3.63) is 53.5 Å². The molecule has 7 heteroatoms. The minimum absolute atomic E-state index is 0.252. The molecule has 154 valence electrons.